The van der Waals surface area contributed by atoms with E-state index in [1.807, 2.05) is 54.6 Å². The van der Waals surface area contributed by atoms with Gasteiger partial charge in [-0.3, -0.25) is 14.6 Å². The molecule has 2 amide bonds. The van der Waals surface area contributed by atoms with Crippen LogP contribution in [0, 0.1) is 0 Å². The lowest BCUT2D eigenvalue weighted by molar-refractivity contribution is -0.166. The predicted octanol–water partition coefficient (Wildman–Crippen LogP) is 2.71. The van der Waals surface area contributed by atoms with E-state index >= 15 is 0 Å². The van der Waals surface area contributed by atoms with Gasteiger partial charge >= 0.3 is 0 Å². The van der Waals surface area contributed by atoms with E-state index in [9.17, 15) is 9.59 Å². The molecule has 1 aliphatic rings. The molecule has 3 aromatic rings. The first-order valence-electron chi connectivity index (χ1n) is 10.9. The fraction of sp³-hybridized carbons (Fsp3) is 0.269. The van der Waals surface area contributed by atoms with Crippen molar-refractivity contribution in [3.05, 3.63) is 84.7 Å². The maximum atomic E-state index is 13.0. The van der Waals surface area contributed by atoms with Crippen LogP contribution in [-0.4, -0.2) is 60.7 Å². The quantitative estimate of drug-likeness (QED) is 0.605. The van der Waals surface area contributed by atoms with E-state index in [1.165, 1.54) is 0 Å². The minimum atomic E-state index is -1.17. The number of rotatable bonds is 7. The molecule has 1 N–H and O–H groups in total. The molecule has 0 bridgehead atoms. The number of benzene rings is 2. The van der Waals surface area contributed by atoms with Gasteiger partial charge in [0, 0.05) is 32.4 Å². The third kappa shape index (κ3) is 5.38. The molecule has 1 saturated heterocycles. The summed E-state index contributed by atoms with van der Waals surface area (Å²) in [4.78, 5) is 31.6. The van der Waals surface area contributed by atoms with Crippen molar-refractivity contribution in [2.75, 3.05) is 33.4 Å². The molecule has 170 valence electrons. The number of pyridine rings is 1. The molecule has 0 aliphatic carbocycles. The van der Waals surface area contributed by atoms with Crippen molar-refractivity contribution in [2.45, 2.75) is 12.0 Å². The highest BCUT2D eigenvalue weighted by Crippen LogP contribution is 2.27. The van der Waals surface area contributed by atoms with Gasteiger partial charge in [0.05, 0.1) is 13.2 Å². The Bertz CT molecular complexity index is 1090. The van der Waals surface area contributed by atoms with Crippen LogP contribution in [0.5, 0.6) is 5.75 Å². The lowest BCUT2D eigenvalue weighted by Crippen LogP contribution is -2.62. The SMILES string of the molecule is CNC(=O)C1(Cc2cccc(-c3ccncc3)c2)CN(C(=O)COc2ccccc2)CCO1. The number of morpholine rings is 1. The van der Waals surface area contributed by atoms with E-state index in [0.717, 1.165) is 16.7 Å². The van der Waals surface area contributed by atoms with Crippen molar-refractivity contribution in [1.82, 2.24) is 15.2 Å². The average Bonchev–Trinajstić information content (AvgIpc) is 2.88. The fourth-order valence-corrected chi connectivity index (χ4v) is 4.04. The van der Waals surface area contributed by atoms with Gasteiger partial charge < -0.3 is 19.7 Å². The van der Waals surface area contributed by atoms with Crippen molar-refractivity contribution < 1.29 is 19.1 Å². The van der Waals surface area contributed by atoms with E-state index < -0.39 is 5.60 Å². The zero-order chi connectivity index (χ0) is 23.1. The standard InChI is InChI=1S/C26H27N3O4/c1-27-25(31)26(17-20-6-5-7-22(16-20)21-10-12-28-13-11-21)19-29(14-15-33-26)24(30)18-32-23-8-3-2-4-9-23/h2-13,16H,14-15,17-19H2,1H3,(H,27,31). The second-order valence-electron chi connectivity index (χ2n) is 7.95. The molecule has 7 heteroatoms. The molecule has 0 saturated carbocycles. The highest BCUT2D eigenvalue weighted by Gasteiger charge is 2.44. The molecule has 1 atom stereocenters. The van der Waals surface area contributed by atoms with Crippen molar-refractivity contribution in [1.29, 1.82) is 0 Å². The molecule has 2 aromatic carbocycles. The van der Waals surface area contributed by atoms with Gasteiger partial charge in [-0.25, -0.2) is 0 Å². The first kappa shape index (κ1) is 22.5. The Hall–Kier alpha value is -3.71. The van der Waals surface area contributed by atoms with Gasteiger partial charge in [-0.05, 0) is 41.0 Å². The number of carbonyl (C=O) groups is 2. The van der Waals surface area contributed by atoms with Gasteiger partial charge in [0.15, 0.2) is 12.2 Å². The summed E-state index contributed by atoms with van der Waals surface area (Å²) in [7, 11) is 1.58. The van der Waals surface area contributed by atoms with E-state index in [4.69, 9.17) is 9.47 Å². The van der Waals surface area contributed by atoms with Crippen LogP contribution in [-0.2, 0) is 20.7 Å². The monoisotopic (exact) mass is 445 g/mol. The highest BCUT2D eigenvalue weighted by atomic mass is 16.5. The van der Waals surface area contributed by atoms with E-state index in [1.54, 1.807) is 36.5 Å². The molecule has 2 heterocycles. The number of nitrogens with zero attached hydrogens (tertiary/aromatic N) is 2. The minimum Gasteiger partial charge on any atom is -0.484 e. The largest absolute Gasteiger partial charge is 0.484 e. The van der Waals surface area contributed by atoms with Gasteiger partial charge in [0.25, 0.3) is 11.8 Å². The first-order chi connectivity index (χ1) is 16.1. The third-order valence-corrected chi connectivity index (χ3v) is 5.72. The summed E-state index contributed by atoms with van der Waals surface area (Å²) in [5.41, 5.74) is 1.84. The predicted molar refractivity (Wildman–Crippen MR) is 125 cm³/mol. The van der Waals surface area contributed by atoms with Crippen LogP contribution in [0.3, 0.4) is 0 Å². The topological polar surface area (TPSA) is 80.8 Å². The Kier molecular flexibility index (Phi) is 7.00. The van der Waals surface area contributed by atoms with Gasteiger partial charge in [-0.1, -0.05) is 42.5 Å². The molecule has 33 heavy (non-hydrogen) atoms. The number of nitrogens with one attached hydrogen (secondary N) is 1. The third-order valence-electron chi connectivity index (χ3n) is 5.72. The average molecular weight is 446 g/mol. The van der Waals surface area contributed by atoms with Crippen LogP contribution in [0.2, 0.25) is 0 Å². The molecule has 0 spiro atoms. The highest BCUT2D eigenvalue weighted by molar-refractivity contribution is 5.87. The number of carbonyl (C=O) groups excluding carboxylic acids is 2. The molecule has 0 radical (unpaired) electrons. The summed E-state index contributed by atoms with van der Waals surface area (Å²) in [5.74, 6) is 0.198. The van der Waals surface area contributed by atoms with Crippen LogP contribution in [0.15, 0.2) is 79.1 Å². The van der Waals surface area contributed by atoms with Crippen LogP contribution in [0.25, 0.3) is 11.1 Å². The summed E-state index contributed by atoms with van der Waals surface area (Å²) in [5, 5.41) is 2.72. The molecular formula is C26H27N3O4. The summed E-state index contributed by atoms with van der Waals surface area (Å²) >= 11 is 0. The van der Waals surface area contributed by atoms with Crippen LogP contribution in [0.1, 0.15) is 5.56 Å². The van der Waals surface area contributed by atoms with Crippen molar-refractivity contribution >= 4 is 11.8 Å². The number of likely N-dealkylation sites (N-methyl/N-ethyl adjacent to an activating group) is 1. The molecule has 1 aliphatic heterocycles. The van der Waals surface area contributed by atoms with Gasteiger partial charge in [-0.2, -0.15) is 0 Å². The lowest BCUT2D eigenvalue weighted by atomic mass is 9.90. The Balaban J connectivity index is 1.51. The van der Waals surface area contributed by atoms with Gasteiger partial charge in [0.2, 0.25) is 0 Å². The Labute approximate surface area is 193 Å². The van der Waals surface area contributed by atoms with Crippen LogP contribution >= 0.6 is 0 Å². The molecule has 1 unspecified atom stereocenters. The summed E-state index contributed by atoms with van der Waals surface area (Å²) < 4.78 is 11.7. The second-order valence-corrected chi connectivity index (χ2v) is 7.95. The van der Waals surface area contributed by atoms with E-state index in [-0.39, 0.29) is 31.6 Å². The smallest absolute Gasteiger partial charge is 0.260 e. The van der Waals surface area contributed by atoms with Crippen molar-refractivity contribution in [3.8, 4) is 16.9 Å². The van der Waals surface area contributed by atoms with Gasteiger partial charge in [-0.15, -0.1) is 0 Å². The Morgan fingerprint density at radius 2 is 1.85 bits per heavy atom. The summed E-state index contributed by atoms with van der Waals surface area (Å²) in [6, 6.07) is 21.1. The molecule has 7 nitrogen and oxygen atoms in total. The molecule has 4 rings (SSSR count). The Morgan fingerprint density at radius 1 is 1.06 bits per heavy atom. The number of para-hydroxylation sites is 1. The summed E-state index contributed by atoms with van der Waals surface area (Å²) in [6.07, 6.45) is 3.84. The van der Waals surface area contributed by atoms with Gasteiger partial charge in [0.1, 0.15) is 5.75 Å². The fourth-order valence-electron chi connectivity index (χ4n) is 4.04. The lowest BCUT2D eigenvalue weighted by Gasteiger charge is -2.41. The summed E-state index contributed by atoms with van der Waals surface area (Å²) in [6.45, 7) is 0.746. The minimum absolute atomic E-state index is 0.0919. The molecule has 1 aromatic heterocycles. The number of hydrogen-bond donors (Lipinski definition) is 1. The first-order valence-corrected chi connectivity index (χ1v) is 10.9. The maximum absolute atomic E-state index is 13.0. The van der Waals surface area contributed by atoms with Crippen molar-refractivity contribution in [3.63, 3.8) is 0 Å². The zero-order valence-corrected chi connectivity index (χ0v) is 18.6. The molecular weight excluding hydrogens is 418 g/mol. The number of amides is 2. The van der Waals surface area contributed by atoms with E-state index in [0.29, 0.717) is 18.7 Å². The second kappa shape index (κ2) is 10.3. The Morgan fingerprint density at radius 3 is 2.61 bits per heavy atom. The number of aromatic nitrogens is 1. The normalized spacial score (nSPS) is 17.9. The number of ether oxygens (including phenoxy) is 2. The van der Waals surface area contributed by atoms with Crippen LogP contribution < -0.4 is 10.1 Å². The molecule has 1 fully saturated rings. The van der Waals surface area contributed by atoms with Crippen molar-refractivity contribution in [2.24, 2.45) is 0 Å². The maximum Gasteiger partial charge on any atom is 0.260 e. The van der Waals surface area contributed by atoms with E-state index in [2.05, 4.69) is 10.3 Å². The number of hydrogen-bond acceptors (Lipinski definition) is 5. The zero-order valence-electron chi connectivity index (χ0n) is 18.6. The van der Waals surface area contributed by atoms with Crippen LogP contribution in [0.4, 0.5) is 0 Å².